The summed E-state index contributed by atoms with van der Waals surface area (Å²) >= 11 is 0. The van der Waals surface area contributed by atoms with E-state index in [1.165, 1.54) is 36.2 Å². The Bertz CT molecular complexity index is 968. The number of amides is 1. The molecule has 1 aromatic carbocycles. The molecule has 1 aromatic heterocycles. The van der Waals surface area contributed by atoms with Crippen LogP contribution in [0, 0.1) is 11.3 Å². The number of nitrogens with two attached hydrogens (primary N) is 1. The van der Waals surface area contributed by atoms with Gasteiger partial charge < -0.3 is 15.8 Å². The number of nitrogens with zero attached hydrogens (tertiary/aromatic N) is 2. The Labute approximate surface area is 178 Å². The van der Waals surface area contributed by atoms with Crippen molar-refractivity contribution in [1.82, 2.24) is 9.78 Å². The lowest BCUT2D eigenvalue weighted by Gasteiger charge is -2.30. The number of ether oxygens (including phenoxy) is 1. The first-order chi connectivity index (χ1) is 14.4. The van der Waals surface area contributed by atoms with Crippen molar-refractivity contribution in [1.29, 1.82) is 0 Å². The van der Waals surface area contributed by atoms with Crippen LogP contribution in [0.2, 0.25) is 0 Å². The molecule has 0 spiro atoms. The minimum Gasteiger partial charge on any atom is -0.379 e. The fraction of sp³-hybridized carbons (Fsp3) is 0.583. The number of carbonyl (C=O) groups is 1. The molecule has 1 saturated heterocycles. The van der Waals surface area contributed by atoms with E-state index in [9.17, 15) is 4.79 Å². The number of carbonyl (C=O) groups excluding carboxylic acids is 1. The Morgan fingerprint density at radius 2 is 2.17 bits per heavy atom. The predicted octanol–water partition coefficient (Wildman–Crippen LogP) is 3.64. The molecule has 1 saturated carbocycles. The van der Waals surface area contributed by atoms with Crippen LogP contribution in [-0.4, -0.2) is 34.9 Å². The fourth-order valence-corrected chi connectivity index (χ4v) is 4.85. The quantitative estimate of drug-likeness (QED) is 0.765. The van der Waals surface area contributed by atoms with Gasteiger partial charge in [-0.25, -0.2) is 4.68 Å². The summed E-state index contributed by atoms with van der Waals surface area (Å²) in [5.74, 6) is 0.394. The first-order valence-electron chi connectivity index (χ1n) is 11.3. The normalized spacial score (nSPS) is 22.7. The van der Waals surface area contributed by atoms with Crippen molar-refractivity contribution in [3.63, 3.8) is 0 Å². The zero-order valence-corrected chi connectivity index (χ0v) is 18.0. The highest BCUT2D eigenvalue weighted by Gasteiger charge is 2.33. The number of hydrogen-bond donors (Lipinski definition) is 2. The second kappa shape index (κ2) is 7.41. The molecule has 160 valence electrons. The minimum absolute atomic E-state index is 0.203. The summed E-state index contributed by atoms with van der Waals surface area (Å²) in [6.45, 7) is 6.09. The van der Waals surface area contributed by atoms with Crippen molar-refractivity contribution in [3.8, 4) is 5.69 Å². The smallest absolute Gasteiger partial charge is 0.250 e. The predicted molar refractivity (Wildman–Crippen MR) is 117 cm³/mol. The van der Waals surface area contributed by atoms with E-state index in [1.54, 1.807) is 0 Å². The number of aromatic nitrogens is 2. The van der Waals surface area contributed by atoms with E-state index >= 15 is 0 Å². The van der Waals surface area contributed by atoms with Gasteiger partial charge in [0.1, 0.15) is 0 Å². The molecular formula is C24H32N4O2. The Balaban J connectivity index is 1.55. The number of nitrogens with one attached hydrogen (secondary N) is 1. The van der Waals surface area contributed by atoms with Crippen LogP contribution in [0.15, 0.2) is 18.2 Å². The Morgan fingerprint density at radius 1 is 1.33 bits per heavy atom. The van der Waals surface area contributed by atoms with E-state index in [0.29, 0.717) is 12.2 Å². The van der Waals surface area contributed by atoms with Gasteiger partial charge in [-0.15, -0.1) is 0 Å². The maximum atomic E-state index is 12.0. The fourth-order valence-electron chi connectivity index (χ4n) is 4.85. The molecule has 0 radical (unpaired) electrons. The lowest BCUT2D eigenvalue weighted by Crippen LogP contribution is -2.24. The molecule has 3 aliphatic rings. The highest BCUT2D eigenvalue weighted by atomic mass is 16.5. The summed E-state index contributed by atoms with van der Waals surface area (Å²) in [6.07, 6.45) is 8.03. The summed E-state index contributed by atoms with van der Waals surface area (Å²) in [5, 5.41) is 8.58. The van der Waals surface area contributed by atoms with Gasteiger partial charge in [0.2, 0.25) is 0 Å². The van der Waals surface area contributed by atoms with Crippen LogP contribution in [0.5, 0.6) is 0 Å². The molecule has 2 aromatic rings. The van der Waals surface area contributed by atoms with Gasteiger partial charge in [-0.3, -0.25) is 4.79 Å². The molecule has 1 aliphatic heterocycles. The third-order valence-corrected chi connectivity index (χ3v) is 6.85. The second-order valence-corrected chi connectivity index (χ2v) is 10.1. The topological polar surface area (TPSA) is 82.2 Å². The SMILES string of the molecule is CC1(C)CCc2c(CC3CC3)nn(-c3ccc(C(N)=O)c(NC4CCOC4)c3)c2C1. The number of anilines is 1. The van der Waals surface area contributed by atoms with Gasteiger partial charge >= 0.3 is 0 Å². The van der Waals surface area contributed by atoms with Crippen LogP contribution >= 0.6 is 0 Å². The molecule has 6 heteroatoms. The third kappa shape index (κ3) is 3.85. The summed E-state index contributed by atoms with van der Waals surface area (Å²) in [7, 11) is 0. The number of rotatable bonds is 6. The molecule has 0 bridgehead atoms. The molecule has 2 heterocycles. The highest BCUT2D eigenvalue weighted by molar-refractivity contribution is 5.99. The average Bonchev–Trinajstić information content (AvgIpc) is 3.23. The van der Waals surface area contributed by atoms with Gasteiger partial charge in [0.05, 0.1) is 29.6 Å². The number of primary amides is 1. The van der Waals surface area contributed by atoms with Crippen molar-refractivity contribution in [2.75, 3.05) is 18.5 Å². The molecule has 6 nitrogen and oxygen atoms in total. The van der Waals surface area contributed by atoms with Gasteiger partial charge in [-0.2, -0.15) is 5.10 Å². The van der Waals surface area contributed by atoms with E-state index in [-0.39, 0.29) is 11.5 Å². The van der Waals surface area contributed by atoms with Gasteiger partial charge in [0, 0.05) is 18.0 Å². The summed E-state index contributed by atoms with van der Waals surface area (Å²) in [6, 6.07) is 6.05. The van der Waals surface area contributed by atoms with Crippen LogP contribution < -0.4 is 11.1 Å². The zero-order valence-electron chi connectivity index (χ0n) is 18.0. The summed E-state index contributed by atoms with van der Waals surface area (Å²) < 4.78 is 7.63. The van der Waals surface area contributed by atoms with Gasteiger partial charge in [0.15, 0.2) is 0 Å². The minimum atomic E-state index is -0.416. The van der Waals surface area contributed by atoms with Crippen LogP contribution in [0.4, 0.5) is 5.69 Å². The van der Waals surface area contributed by atoms with Crippen molar-refractivity contribution >= 4 is 11.6 Å². The molecule has 5 rings (SSSR count). The van der Waals surface area contributed by atoms with Gasteiger partial charge in [0.25, 0.3) is 5.91 Å². The maximum Gasteiger partial charge on any atom is 0.250 e. The summed E-state index contributed by atoms with van der Waals surface area (Å²) in [4.78, 5) is 12.0. The van der Waals surface area contributed by atoms with Crippen LogP contribution in [0.3, 0.4) is 0 Å². The van der Waals surface area contributed by atoms with Crippen molar-refractivity contribution in [3.05, 3.63) is 40.7 Å². The van der Waals surface area contributed by atoms with Crippen LogP contribution in [0.1, 0.15) is 66.8 Å². The largest absolute Gasteiger partial charge is 0.379 e. The maximum absolute atomic E-state index is 12.0. The van der Waals surface area contributed by atoms with E-state index < -0.39 is 5.91 Å². The van der Waals surface area contributed by atoms with Crippen molar-refractivity contribution in [2.24, 2.45) is 17.1 Å². The lowest BCUT2D eigenvalue weighted by atomic mass is 9.76. The number of fused-ring (bicyclic) bond motifs is 1. The monoisotopic (exact) mass is 408 g/mol. The van der Waals surface area contributed by atoms with Crippen LogP contribution in [0.25, 0.3) is 5.69 Å². The molecule has 1 amide bonds. The molecule has 2 aliphatic carbocycles. The second-order valence-electron chi connectivity index (χ2n) is 10.1. The molecule has 2 fully saturated rings. The number of hydrogen-bond acceptors (Lipinski definition) is 4. The summed E-state index contributed by atoms with van der Waals surface area (Å²) in [5.41, 5.74) is 12.3. The molecule has 30 heavy (non-hydrogen) atoms. The average molecular weight is 409 g/mol. The Kier molecular flexibility index (Phi) is 4.85. The number of benzene rings is 1. The van der Waals surface area contributed by atoms with E-state index in [1.807, 2.05) is 18.2 Å². The standard InChI is InChI=1S/C24H32N4O2/c1-24(2)9-7-18-21(11-15-3-4-15)27-28(22(18)13-24)17-5-6-19(23(25)29)20(12-17)26-16-8-10-30-14-16/h5-6,12,15-16,26H,3-4,7-11,13-14H2,1-2H3,(H2,25,29). The molecule has 1 atom stereocenters. The van der Waals surface area contributed by atoms with Crippen LogP contribution in [-0.2, 0) is 24.0 Å². The van der Waals surface area contributed by atoms with Gasteiger partial charge in [-0.05, 0) is 80.0 Å². The van der Waals surface area contributed by atoms with E-state index in [0.717, 1.165) is 49.6 Å². The molecule has 3 N–H and O–H groups in total. The van der Waals surface area contributed by atoms with E-state index in [2.05, 4.69) is 23.8 Å². The highest BCUT2D eigenvalue weighted by Crippen LogP contribution is 2.40. The first-order valence-corrected chi connectivity index (χ1v) is 11.3. The van der Waals surface area contributed by atoms with E-state index in [4.69, 9.17) is 15.6 Å². The van der Waals surface area contributed by atoms with Gasteiger partial charge in [-0.1, -0.05) is 13.8 Å². The van der Waals surface area contributed by atoms with Crippen molar-refractivity contribution in [2.45, 2.75) is 64.8 Å². The zero-order chi connectivity index (χ0) is 20.9. The molecular weight excluding hydrogens is 376 g/mol. The first kappa shape index (κ1) is 19.6. The van der Waals surface area contributed by atoms with Crippen molar-refractivity contribution < 1.29 is 9.53 Å². The Morgan fingerprint density at radius 3 is 2.87 bits per heavy atom. The Hall–Kier alpha value is -2.34. The third-order valence-electron chi connectivity index (χ3n) is 6.85. The molecule has 1 unspecified atom stereocenters. The lowest BCUT2D eigenvalue weighted by molar-refractivity contribution is 0.100.